The van der Waals surface area contributed by atoms with Crippen molar-refractivity contribution in [3.63, 3.8) is 0 Å². The first-order chi connectivity index (χ1) is 9.26. The minimum absolute atomic E-state index is 0.0418. The summed E-state index contributed by atoms with van der Waals surface area (Å²) < 4.78 is 12.1. The van der Waals surface area contributed by atoms with Gasteiger partial charge in [0.2, 0.25) is 0 Å². The first kappa shape index (κ1) is 14.0. The van der Waals surface area contributed by atoms with Gasteiger partial charge in [-0.15, -0.1) is 5.10 Å². The average molecular weight is 268 g/mol. The molecule has 0 radical (unpaired) electrons. The molecule has 2 heterocycles. The van der Waals surface area contributed by atoms with Crippen molar-refractivity contribution in [1.29, 1.82) is 0 Å². The van der Waals surface area contributed by atoms with E-state index in [1.165, 1.54) is 4.68 Å². The van der Waals surface area contributed by atoms with Gasteiger partial charge in [-0.05, 0) is 26.2 Å². The van der Waals surface area contributed by atoms with E-state index in [2.05, 4.69) is 10.3 Å². The average Bonchev–Trinajstić information content (AvgIpc) is 2.82. The summed E-state index contributed by atoms with van der Waals surface area (Å²) in [5.74, 6) is -0.335. The van der Waals surface area contributed by atoms with E-state index in [-0.39, 0.29) is 25.2 Å². The second-order valence-electron chi connectivity index (χ2n) is 4.44. The summed E-state index contributed by atoms with van der Waals surface area (Å²) in [5, 5.41) is 8.11. The van der Waals surface area contributed by atoms with Gasteiger partial charge in [0.1, 0.15) is 18.3 Å². The first-order valence-corrected chi connectivity index (χ1v) is 6.65. The number of hydrogen-bond acceptors (Lipinski definition) is 6. The number of esters is 1. The highest BCUT2D eigenvalue weighted by molar-refractivity contribution is 5.69. The molecule has 1 saturated heterocycles. The summed E-state index contributed by atoms with van der Waals surface area (Å²) in [5.41, 5.74) is 7.25. The van der Waals surface area contributed by atoms with E-state index >= 15 is 0 Å². The largest absolute Gasteiger partial charge is 0.465 e. The fourth-order valence-corrected chi connectivity index (χ4v) is 2.22. The summed E-state index contributed by atoms with van der Waals surface area (Å²) in [6.45, 7) is 3.18. The fraction of sp³-hybridized carbons (Fsp3) is 0.750. The number of hydrogen-bond donors (Lipinski definition) is 1. The summed E-state index contributed by atoms with van der Waals surface area (Å²) in [6, 6.07) is 0. The van der Waals surface area contributed by atoms with Crippen molar-refractivity contribution < 1.29 is 14.3 Å². The molecule has 0 saturated carbocycles. The van der Waals surface area contributed by atoms with Crippen LogP contribution in [0.4, 0.5) is 0 Å². The normalized spacial score (nSPS) is 19.4. The Labute approximate surface area is 112 Å². The van der Waals surface area contributed by atoms with Crippen molar-refractivity contribution in [2.75, 3.05) is 13.2 Å². The van der Waals surface area contributed by atoms with Gasteiger partial charge in [0.15, 0.2) is 0 Å². The maximum atomic E-state index is 11.5. The SMILES string of the molecule is CCOC(=O)Cn1nnc(C2CCCCO2)c1CN. The van der Waals surface area contributed by atoms with Crippen LogP contribution in [-0.4, -0.2) is 34.2 Å². The minimum atomic E-state index is -0.335. The lowest BCUT2D eigenvalue weighted by molar-refractivity contribution is -0.144. The Bertz CT molecular complexity index is 427. The lowest BCUT2D eigenvalue weighted by atomic mass is 10.0. The third kappa shape index (κ3) is 3.30. The van der Waals surface area contributed by atoms with Crippen molar-refractivity contribution in [3.05, 3.63) is 11.4 Å². The third-order valence-corrected chi connectivity index (χ3v) is 3.13. The molecule has 1 unspecified atom stereocenters. The molecule has 106 valence electrons. The Morgan fingerprint density at radius 1 is 1.58 bits per heavy atom. The van der Waals surface area contributed by atoms with Crippen molar-refractivity contribution in [2.24, 2.45) is 5.73 Å². The van der Waals surface area contributed by atoms with Crippen LogP contribution in [0.15, 0.2) is 0 Å². The number of rotatable bonds is 5. The van der Waals surface area contributed by atoms with Crippen molar-refractivity contribution >= 4 is 5.97 Å². The van der Waals surface area contributed by atoms with Gasteiger partial charge in [-0.25, -0.2) is 4.68 Å². The standard InChI is InChI=1S/C12H20N4O3/c1-2-18-11(17)8-16-9(7-13)12(14-15-16)10-5-3-4-6-19-10/h10H,2-8,13H2,1H3. The van der Waals surface area contributed by atoms with Gasteiger partial charge in [0.25, 0.3) is 0 Å². The highest BCUT2D eigenvalue weighted by Crippen LogP contribution is 2.28. The lowest BCUT2D eigenvalue weighted by Crippen LogP contribution is -2.20. The monoisotopic (exact) mass is 268 g/mol. The van der Waals surface area contributed by atoms with Gasteiger partial charge in [-0.2, -0.15) is 0 Å². The zero-order valence-electron chi connectivity index (χ0n) is 11.2. The van der Waals surface area contributed by atoms with Gasteiger partial charge in [0, 0.05) is 13.2 Å². The summed E-state index contributed by atoms with van der Waals surface area (Å²) >= 11 is 0. The van der Waals surface area contributed by atoms with Gasteiger partial charge in [0.05, 0.1) is 12.3 Å². The number of nitrogens with zero attached hydrogens (tertiary/aromatic N) is 3. The van der Waals surface area contributed by atoms with E-state index in [1.807, 2.05) is 0 Å². The van der Waals surface area contributed by atoms with Gasteiger partial charge in [-0.3, -0.25) is 4.79 Å². The Balaban J connectivity index is 2.12. The van der Waals surface area contributed by atoms with Crippen molar-refractivity contribution in [3.8, 4) is 0 Å². The van der Waals surface area contributed by atoms with E-state index in [0.29, 0.717) is 6.61 Å². The summed E-state index contributed by atoms with van der Waals surface area (Å²) in [7, 11) is 0. The molecule has 1 aromatic rings. The number of carbonyl (C=O) groups excluding carboxylic acids is 1. The van der Waals surface area contributed by atoms with Crippen LogP contribution in [0.5, 0.6) is 0 Å². The maximum absolute atomic E-state index is 11.5. The Morgan fingerprint density at radius 2 is 2.42 bits per heavy atom. The van der Waals surface area contributed by atoms with E-state index in [0.717, 1.165) is 37.3 Å². The fourth-order valence-electron chi connectivity index (χ4n) is 2.22. The molecule has 2 rings (SSSR count). The van der Waals surface area contributed by atoms with Crippen LogP contribution < -0.4 is 5.73 Å². The molecule has 7 nitrogen and oxygen atoms in total. The van der Waals surface area contributed by atoms with E-state index in [9.17, 15) is 4.79 Å². The van der Waals surface area contributed by atoms with E-state index < -0.39 is 0 Å². The van der Waals surface area contributed by atoms with Crippen molar-refractivity contribution in [1.82, 2.24) is 15.0 Å². The van der Waals surface area contributed by atoms with Crippen LogP contribution in [0.2, 0.25) is 0 Å². The second kappa shape index (κ2) is 6.63. The lowest BCUT2D eigenvalue weighted by Gasteiger charge is -2.21. The Morgan fingerprint density at radius 3 is 3.05 bits per heavy atom. The second-order valence-corrected chi connectivity index (χ2v) is 4.44. The molecular formula is C12H20N4O3. The first-order valence-electron chi connectivity index (χ1n) is 6.65. The van der Waals surface area contributed by atoms with Gasteiger partial charge < -0.3 is 15.2 Å². The molecule has 0 amide bonds. The predicted molar refractivity (Wildman–Crippen MR) is 67.1 cm³/mol. The zero-order valence-corrected chi connectivity index (χ0v) is 11.2. The molecule has 1 aliphatic heterocycles. The minimum Gasteiger partial charge on any atom is -0.465 e. The molecule has 2 N–H and O–H groups in total. The van der Waals surface area contributed by atoms with Crippen LogP contribution in [0, 0.1) is 0 Å². The molecule has 1 aliphatic rings. The quantitative estimate of drug-likeness (QED) is 0.784. The molecule has 7 heteroatoms. The Hall–Kier alpha value is -1.47. The maximum Gasteiger partial charge on any atom is 0.327 e. The number of aromatic nitrogens is 3. The van der Waals surface area contributed by atoms with Crippen LogP contribution in [0.3, 0.4) is 0 Å². The molecule has 0 bridgehead atoms. The highest BCUT2D eigenvalue weighted by Gasteiger charge is 2.24. The third-order valence-electron chi connectivity index (χ3n) is 3.13. The molecule has 0 aromatic carbocycles. The molecule has 19 heavy (non-hydrogen) atoms. The number of nitrogens with two attached hydrogens (primary N) is 1. The van der Waals surface area contributed by atoms with Gasteiger partial charge in [-0.1, -0.05) is 5.21 Å². The van der Waals surface area contributed by atoms with Crippen LogP contribution in [0.25, 0.3) is 0 Å². The Kier molecular flexibility index (Phi) is 4.86. The highest BCUT2D eigenvalue weighted by atomic mass is 16.5. The van der Waals surface area contributed by atoms with Gasteiger partial charge >= 0.3 is 5.97 Å². The summed E-state index contributed by atoms with van der Waals surface area (Å²) in [6.07, 6.45) is 3.05. The van der Waals surface area contributed by atoms with Crippen LogP contribution in [0.1, 0.15) is 43.7 Å². The van der Waals surface area contributed by atoms with Crippen molar-refractivity contribution in [2.45, 2.75) is 45.4 Å². The van der Waals surface area contributed by atoms with E-state index in [1.54, 1.807) is 6.92 Å². The van der Waals surface area contributed by atoms with Crippen LogP contribution in [-0.2, 0) is 27.4 Å². The smallest absolute Gasteiger partial charge is 0.327 e. The number of carbonyl (C=O) groups is 1. The molecule has 0 aliphatic carbocycles. The molecule has 1 fully saturated rings. The molecule has 1 aromatic heterocycles. The molecule has 1 atom stereocenters. The predicted octanol–water partition coefficient (Wildman–Crippen LogP) is 0.541. The summed E-state index contributed by atoms with van der Waals surface area (Å²) in [4.78, 5) is 11.5. The topological polar surface area (TPSA) is 92.3 Å². The molecular weight excluding hydrogens is 248 g/mol. The number of ether oxygens (including phenoxy) is 2. The van der Waals surface area contributed by atoms with E-state index in [4.69, 9.17) is 15.2 Å². The zero-order chi connectivity index (χ0) is 13.7. The molecule has 0 spiro atoms. The van der Waals surface area contributed by atoms with Crippen LogP contribution >= 0.6 is 0 Å².